The second-order valence-corrected chi connectivity index (χ2v) is 14.5. The summed E-state index contributed by atoms with van der Waals surface area (Å²) in [6, 6.07) is 0. The Hall–Kier alpha value is -0.870. The molecule has 0 bridgehead atoms. The number of Topliss-reactive ketones (excluding diaryl/α,β-unsaturated/α-hetero) is 1. The van der Waals surface area contributed by atoms with Gasteiger partial charge < -0.3 is 14.6 Å². The summed E-state index contributed by atoms with van der Waals surface area (Å²) in [6.07, 6.45) is 5.32. The molecule has 1 saturated heterocycles. The summed E-state index contributed by atoms with van der Waals surface area (Å²) in [6.45, 7) is 28.9. The highest BCUT2D eigenvalue weighted by Crippen LogP contribution is 2.48. The molecule has 2 aliphatic rings. The van der Waals surface area contributed by atoms with Crippen molar-refractivity contribution in [3.63, 3.8) is 0 Å². The Bertz CT molecular complexity index is 782. The van der Waals surface area contributed by atoms with Crippen molar-refractivity contribution < 1.29 is 19.4 Å². The number of aliphatic hydroxyl groups is 1. The second-order valence-electron chi connectivity index (χ2n) is 14.5. The van der Waals surface area contributed by atoms with Crippen molar-refractivity contribution in [1.29, 1.82) is 0 Å². The Balaban J connectivity index is 2.56. The van der Waals surface area contributed by atoms with Gasteiger partial charge in [0.25, 0.3) is 0 Å². The van der Waals surface area contributed by atoms with Gasteiger partial charge in [-0.2, -0.15) is 0 Å². The monoisotopic (exact) mass is 548 g/mol. The number of carbonyl (C=O) groups is 1. The third-order valence-corrected chi connectivity index (χ3v) is 11.9. The average Bonchev–Trinajstić information content (AvgIpc) is 2.88. The second kappa shape index (κ2) is 14.3. The van der Waals surface area contributed by atoms with Gasteiger partial charge in [-0.3, -0.25) is 4.79 Å². The lowest BCUT2D eigenvalue weighted by Gasteiger charge is -2.47. The van der Waals surface area contributed by atoms with Crippen LogP contribution in [0.4, 0.5) is 0 Å². The van der Waals surface area contributed by atoms with Crippen LogP contribution in [0.3, 0.4) is 0 Å². The van der Waals surface area contributed by atoms with E-state index in [1.165, 1.54) is 6.42 Å². The molecule has 2 fully saturated rings. The average molecular weight is 549 g/mol. The molecule has 0 radical (unpaired) electrons. The third kappa shape index (κ3) is 7.70. The molecule has 4 heteroatoms. The van der Waals surface area contributed by atoms with Crippen LogP contribution in [0, 0.1) is 65.1 Å². The maximum absolute atomic E-state index is 13.6. The lowest BCUT2D eigenvalue weighted by atomic mass is 9.62. The van der Waals surface area contributed by atoms with Crippen LogP contribution in [-0.2, 0) is 14.3 Å². The normalized spacial score (nSPS) is 47.7. The predicted octanol–water partition coefficient (Wildman–Crippen LogP) is 8.57. The zero-order valence-corrected chi connectivity index (χ0v) is 27.6. The van der Waals surface area contributed by atoms with Crippen molar-refractivity contribution in [3.05, 3.63) is 12.3 Å². The van der Waals surface area contributed by atoms with Gasteiger partial charge >= 0.3 is 0 Å². The highest BCUT2D eigenvalue weighted by atomic mass is 16.5. The van der Waals surface area contributed by atoms with Crippen LogP contribution in [0.1, 0.15) is 115 Å². The standard InChI is InChI=1S/C35H64O4/c1-14-30-21(4)17-29(18-22(30)5)32-28(11)39-31(15-2)23(6)16-20(3)25(8)33(36)24(7)19-35(12,38-13)27(10)26(9)34(32)37/h20-27,29-32,34,37H,11,14-19H2,1-10,12-13H3. The van der Waals surface area contributed by atoms with Crippen LogP contribution in [0.2, 0.25) is 0 Å². The van der Waals surface area contributed by atoms with E-state index < -0.39 is 11.7 Å². The van der Waals surface area contributed by atoms with E-state index in [0.717, 1.165) is 37.4 Å². The van der Waals surface area contributed by atoms with Gasteiger partial charge in [0.15, 0.2) is 0 Å². The zero-order valence-electron chi connectivity index (χ0n) is 27.6. The summed E-state index contributed by atoms with van der Waals surface area (Å²) in [5.74, 6) is 3.71. The van der Waals surface area contributed by atoms with Crippen molar-refractivity contribution >= 4 is 5.78 Å². The Morgan fingerprint density at radius 2 is 1.49 bits per heavy atom. The van der Waals surface area contributed by atoms with E-state index in [4.69, 9.17) is 9.47 Å². The minimum absolute atomic E-state index is 0.0165. The van der Waals surface area contributed by atoms with Crippen LogP contribution in [0.25, 0.3) is 0 Å². The molecule has 12 unspecified atom stereocenters. The van der Waals surface area contributed by atoms with Gasteiger partial charge in [-0.1, -0.05) is 82.2 Å². The number of ether oxygens (including phenoxy) is 2. The van der Waals surface area contributed by atoms with Crippen LogP contribution in [-0.4, -0.2) is 35.8 Å². The first-order chi connectivity index (χ1) is 18.1. The van der Waals surface area contributed by atoms with Crippen molar-refractivity contribution in [2.45, 2.75) is 132 Å². The molecule has 0 aromatic carbocycles. The van der Waals surface area contributed by atoms with Gasteiger partial charge in [0.05, 0.1) is 17.5 Å². The van der Waals surface area contributed by atoms with E-state index in [1.807, 2.05) is 0 Å². The summed E-state index contributed by atoms with van der Waals surface area (Å²) < 4.78 is 13.0. The molecule has 0 aromatic rings. The fourth-order valence-corrected chi connectivity index (χ4v) is 8.68. The lowest BCUT2D eigenvalue weighted by Crippen LogP contribution is -2.48. The molecule has 1 saturated carbocycles. The van der Waals surface area contributed by atoms with Crippen molar-refractivity contribution in [3.8, 4) is 0 Å². The first-order valence-corrected chi connectivity index (χ1v) is 16.3. The highest BCUT2D eigenvalue weighted by Gasteiger charge is 2.46. The predicted molar refractivity (Wildman–Crippen MR) is 163 cm³/mol. The first-order valence-electron chi connectivity index (χ1n) is 16.3. The fourth-order valence-electron chi connectivity index (χ4n) is 8.68. The van der Waals surface area contributed by atoms with Crippen molar-refractivity contribution in [1.82, 2.24) is 0 Å². The fraction of sp³-hybridized carbons (Fsp3) is 0.914. The van der Waals surface area contributed by atoms with Crippen LogP contribution < -0.4 is 0 Å². The minimum atomic E-state index is -0.591. The molecule has 12 atom stereocenters. The maximum atomic E-state index is 13.6. The Morgan fingerprint density at radius 1 is 0.923 bits per heavy atom. The van der Waals surface area contributed by atoms with Gasteiger partial charge in [0, 0.05) is 24.9 Å². The Morgan fingerprint density at radius 3 is 1.97 bits per heavy atom. The first kappa shape index (κ1) is 34.3. The summed E-state index contributed by atoms with van der Waals surface area (Å²) >= 11 is 0. The zero-order chi connectivity index (χ0) is 29.8. The molecular formula is C35H64O4. The maximum Gasteiger partial charge on any atom is 0.138 e. The molecule has 0 aromatic heterocycles. The van der Waals surface area contributed by atoms with E-state index in [2.05, 4.69) is 82.7 Å². The van der Waals surface area contributed by atoms with Gasteiger partial charge in [-0.15, -0.1) is 0 Å². The van der Waals surface area contributed by atoms with E-state index in [1.54, 1.807) is 7.11 Å². The summed E-state index contributed by atoms with van der Waals surface area (Å²) in [7, 11) is 1.76. The largest absolute Gasteiger partial charge is 0.495 e. The summed E-state index contributed by atoms with van der Waals surface area (Å²) in [5.41, 5.74) is -0.523. The van der Waals surface area contributed by atoms with Crippen molar-refractivity contribution in [2.24, 2.45) is 65.1 Å². The van der Waals surface area contributed by atoms with Gasteiger partial charge in [-0.05, 0) is 86.4 Å². The van der Waals surface area contributed by atoms with Gasteiger partial charge in [0.2, 0.25) is 0 Å². The number of ketones is 1. The van der Waals surface area contributed by atoms with E-state index in [-0.39, 0.29) is 41.6 Å². The SMILES string of the molecule is C=C1OC(CC)C(C)CC(C)C(C)C(=O)C(C)CC(C)(OC)C(C)C(C)C(O)C1C1CC(C)C(CC)C(C)C1. The van der Waals surface area contributed by atoms with Crippen LogP contribution in [0.5, 0.6) is 0 Å². The number of rotatable bonds is 4. The molecule has 4 nitrogen and oxygen atoms in total. The summed E-state index contributed by atoms with van der Waals surface area (Å²) in [4.78, 5) is 13.6. The Labute approximate surface area is 242 Å². The van der Waals surface area contributed by atoms with E-state index in [0.29, 0.717) is 35.9 Å². The number of aliphatic hydroxyl groups excluding tert-OH is 1. The van der Waals surface area contributed by atoms with Crippen LogP contribution in [0.15, 0.2) is 12.3 Å². The Kier molecular flexibility index (Phi) is 12.6. The lowest BCUT2D eigenvalue weighted by molar-refractivity contribution is -0.134. The number of methoxy groups -OCH3 is 1. The molecule has 228 valence electrons. The number of hydrogen-bond donors (Lipinski definition) is 1. The number of hydrogen-bond acceptors (Lipinski definition) is 4. The quantitative estimate of drug-likeness (QED) is 0.382. The topological polar surface area (TPSA) is 55.8 Å². The molecule has 39 heavy (non-hydrogen) atoms. The molecule has 0 amide bonds. The molecule has 1 aliphatic carbocycles. The number of carbonyl (C=O) groups excluding carboxylic acids is 1. The van der Waals surface area contributed by atoms with E-state index in [9.17, 15) is 9.90 Å². The molecule has 1 heterocycles. The van der Waals surface area contributed by atoms with E-state index >= 15 is 0 Å². The molecule has 2 rings (SSSR count). The van der Waals surface area contributed by atoms with Gasteiger partial charge in [0.1, 0.15) is 11.9 Å². The molecule has 1 aliphatic heterocycles. The summed E-state index contributed by atoms with van der Waals surface area (Å²) in [5, 5.41) is 12.2. The minimum Gasteiger partial charge on any atom is -0.495 e. The van der Waals surface area contributed by atoms with Crippen LogP contribution >= 0.6 is 0 Å². The molecular weight excluding hydrogens is 484 g/mol. The molecule has 1 N–H and O–H groups in total. The highest BCUT2D eigenvalue weighted by molar-refractivity contribution is 5.83. The van der Waals surface area contributed by atoms with Crippen molar-refractivity contribution in [2.75, 3.05) is 7.11 Å². The smallest absolute Gasteiger partial charge is 0.138 e. The van der Waals surface area contributed by atoms with Gasteiger partial charge in [-0.25, -0.2) is 0 Å². The molecule has 0 spiro atoms. The third-order valence-electron chi connectivity index (χ3n) is 11.9.